The van der Waals surface area contributed by atoms with Crippen molar-refractivity contribution in [2.45, 2.75) is 12.8 Å². The normalized spacial score (nSPS) is 15.8. The lowest BCUT2D eigenvalue weighted by atomic mass is 10.1. The Morgan fingerprint density at radius 3 is 1.90 bits per heavy atom. The molecule has 0 radical (unpaired) electrons. The molecule has 0 aromatic heterocycles. The van der Waals surface area contributed by atoms with Crippen LogP contribution in [-0.2, 0) is 10.2 Å². The molecule has 1 aromatic rings. The first-order valence-electron chi connectivity index (χ1n) is 6.19. The van der Waals surface area contributed by atoms with Crippen LogP contribution in [-0.4, -0.2) is 48.0 Å². The Labute approximate surface area is 121 Å². The number of nitrogens with one attached hydrogen (secondary N) is 1. The molecule has 9 heteroatoms. The van der Waals surface area contributed by atoms with Gasteiger partial charge in [-0.05, 0) is 31.0 Å². The van der Waals surface area contributed by atoms with Gasteiger partial charge in [-0.1, -0.05) is 0 Å². The van der Waals surface area contributed by atoms with E-state index in [1.807, 2.05) is 0 Å². The number of nitrogens with zero attached hydrogens (tertiary/aromatic N) is 1. The molecule has 1 aliphatic rings. The molecule has 2 rings (SSSR count). The van der Waals surface area contributed by atoms with Crippen LogP contribution in [0.4, 0.5) is 5.69 Å². The van der Waals surface area contributed by atoms with Gasteiger partial charge in [-0.15, -0.1) is 0 Å². The van der Waals surface area contributed by atoms with Crippen molar-refractivity contribution in [3.05, 3.63) is 29.3 Å². The monoisotopic (exact) mass is 314 g/mol. The third kappa shape index (κ3) is 3.50. The molecule has 21 heavy (non-hydrogen) atoms. The van der Waals surface area contributed by atoms with Crippen LogP contribution in [0.2, 0.25) is 0 Å². The minimum absolute atomic E-state index is 0.0841. The summed E-state index contributed by atoms with van der Waals surface area (Å²) in [6, 6.07) is 3.14. The summed E-state index contributed by atoms with van der Waals surface area (Å²) < 4.78 is 27.6. The zero-order valence-electron chi connectivity index (χ0n) is 10.9. The molecule has 0 spiro atoms. The summed E-state index contributed by atoms with van der Waals surface area (Å²) in [5.41, 5.74) is -0.678. The van der Waals surface area contributed by atoms with E-state index in [4.69, 9.17) is 10.2 Å². The Bertz CT molecular complexity index is 647. The van der Waals surface area contributed by atoms with Gasteiger partial charge in [0, 0.05) is 13.1 Å². The van der Waals surface area contributed by atoms with E-state index >= 15 is 0 Å². The summed E-state index contributed by atoms with van der Waals surface area (Å²) >= 11 is 0. The van der Waals surface area contributed by atoms with Crippen LogP contribution in [0.15, 0.2) is 18.2 Å². The lowest BCUT2D eigenvalue weighted by molar-refractivity contribution is 0.0696. The maximum absolute atomic E-state index is 12.1. The molecule has 0 aliphatic carbocycles. The van der Waals surface area contributed by atoms with Gasteiger partial charge in [0.05, 0.1) is 16.8 Å². The summed E-state index contributed by atoms with van der Waals surface area (Å²) in [6.45, 7) is 0.777. The fourth-order valence-electron chi connectivity index (χ4n) is 2.08. The molecule has 8 nitrogen and oxygen atoms in total. The van der Waals surface area contributed by atoms with E-state index in [2.05, 4.69) is 4.72 Å². The van der Waals surface area contributed by atoms with Crippen molar-refractivity contribution in [1.29, 1.82) is 0 Å². The van der Waals surface area contributed by atoms with Crippen molar-refractivity contribution in [1.82, 2.24) is 4.31 Å². The zero-order chi connectivity index (χ0) is 15.6. The summed E-state index contributed by atoms with van der Waals surface area (Å²) in [7, 11) is -3.80. The van der Waals surface area contributed by atoms with Crippen LogP contribution >= 0.6 is 0 Å². The molecular formula is C12H14N2O6S. The van der Waals surface area contributed by atoms with Crippen molar-refractivity contribution in [3.63, 3.8) is 0 Å². The van der Waals surface area contributed by atoms with Crippen LogP contribution in [0.5, 0.6) is 0 Å². The smallest absolute Gasteiger partial charge is 0.335 e. The predicted octanol–water partition coefficient (Wildman–Crippen LogP) is 0.835. The predicted molar refractivity (Wildman–Crippen MR) is 73.7 cm³/mol. The molecule has 114 valence electrons. The first-order valence-corrected chi connectivity index (χ1v) is 7.63. The lowest BCUT2D eigenvalue weighted by Gasteiger charge is -2.17. The Morgan fingerprint density at radius 2 is 1.48 bits per heavy atom. The summed E-state index contributed by atoms with van der Waals surface area (Å²) in [5.74, 6) is -2.67. The van der Waals surface area contributed by atoms with Gasteiger partial charge >= 0.3 is 22.1 Å². The maximum atomic E-state index is 12.1. The molecule has 1 aromatic carbocycles. The summed E-state index contributed by atoms with van der Waals surface area (Å²) in [5, 5.41) is 17.9. The van der Waals surface area contributed by atoms with Crippen LogP contribution in [0.25, 0.3) is 0 Å². The van der Waals surface area contributed by atoms with Gasteiger partial charge in [0.25, 0.3) is 0 Å². The molecule has 1 heterocycles. The molecule has 1 fully saturated rings. The molecule has 3 N–H and O–H groups in total. The van der Waals surface area contributed by atoms with E-state index in [0.29, 0.717) is 13.1 Å². The zero-order valence-corrected chi connectivity index (χ0v) is 11.8. The first kappa shape index (κ1) is 15.3. The lowest BCUT2D eigenvalue weighted by Crippen LogP contribution is -2.33. The van der Waals surface area contributed by atoms with E-state index in [9.17, 15) is 18.0 Å². The number of benzene rings is 1. The van der Waals surface area contributed by atoms with Gasteiger partial charge in [0.2, 0.25) is 0 Å². The molecular weight excluding hydrogens is 300 g/mol. The number of rotatable bonds is 5. The first-order chi connectivity index (χ1) is 9.79. The van der Waals surface area contributed by atoms with Gasteiger partial charge in [0.15, 0.2) is 0 Å². The second-order valence-electron chi connectivity index (χ2n) is 4.62. The molecule has 0 atom stereocenters. The molecule has 1 saturated heterocycles. The highest BCUT2D eigenvalue weighted by atomic mass is 32.2. The second-order valence-corrected chi connectivity index (χ2v) is 6.29. The van der Waals surface area contributed by atoms with Crippen molar-refractivity contribution >= 4 is 27.8 Å². The Kier molecular flexibility index (Phi) is 4.14. The van der Waals surface area contributed by atoms with E-state index < -0.39 is 22.1 Å². The van der Waals surface area contributed by atoms with Crippen LogP contribution in [0, 0.1) is 0 Å². The van der Waals surface area contributed by atoms with Crippen molar-refractivity contribution in [2.24, 2.45) is 0 Å². The van der Waals surface area contributed by atoms with Crippen LogP contribution in [0.3, 0.4) is 0 Å². The number of aromatic carboxylic acids is 2. The van der Waals surface area contributed by atoms with Gasteiger partial charge in [0.1, 0.15) is 0 Å². The quantitative estimate of drug-likeness (QED) is 0.739. The van der Waals surface area contributed by atoms with E-state index in [0.717, 1.165) is 31.0 Å². The summed E-state index contributed by atoms with van der Waals surface area (Å²) in [4.78, 5) is 21.9. The van der Waals surface area contributed by atoms with Crippen LogP contribution < -0.4 is 4.72 Å². The van der Waals surface area contributed by atoms with Gasteiger partial charge in [-0.2, -0.15) is 12.7 Å². The topological polar surface area (TPSA) is 124 Å². The molecule has 0 unspecified atom stereocenters. The van der Waals surface area contributed by atoms with Crippen molar-refractivity contribution < 1.29 is 28.2 Å². The highest BCUT2D eigenvalue weighted by molar-refractivity contribution is 7.90. The van der Waals surface area contributed by atoms with E-state index in [-0.39, 0.29) is 16.8 Å². The molecule has 0 bridgehead atoms. The molecule has 0 saturated carbocycles. The van der Waals surface area contributed by atoms with Gasteiger partial charge in [-0.25, -0.2) is 9.59 Å². The number of hydrogen-bond donors (Lipinski definition) is 3. The number of anilines is 1. The fourth-order valence-corrected chi connectivity index (χ4v) is 3.36. The van der Waals surface area contributed by atoms with Crippen LogP contribution in [0.1, 0.15) is 33.6 Å². The molecule has 0 amide bonds. The second kappa shape index (κ2) is 5.70. The number of carbonyl (C=O) groups is 2. The van der Waals surface area contributed by atoms with Crippen molar-refractivity contribution in [3.8, 4) is 0 Å². The maximum Gasteiger partial charge on any atom is 0.335 e. The van der Waals surface area contributed by atoms with Gasteiger partial charge < -0.3 is 10.2 Å². The molecule has 1 aliphatic heterocycles. The number of carboxylic acid groups (broad SMARTS) is 2. The Morgan fingerprint density at radius 1 is 1.00 bits per heavy atom. The average Bonchev–Trinajstić information content (AvgIpc) is 2.92. The minimum atomic E-state index is -3.80. The van der Waals surface area contributed by atoms with E-state index in [1.165, 1.54) is 4.31 Å². The minimum Gasteiger partial charge on any atom is -0.478 e. The highest BCUT2D eigenvalue weighted by Gasteiger charge is 2.25. The number of carboxylic acids is 2. The fraction of sp³-hybridized carbons (Fsp3) is 0.333. The largest absolute Gasteiger partial charge is 0.478 e. The SMILES string of the molecule is O=C(O)c1cc(NS(=O)(=O)N2CCCC2)cc(C(=O)O)c1. The average molecular weight is 314 g/mol. The number of hydrogen-bond acceptors (Lipinski definition) is 4. The van der Waals surface area contributed by atoms with Gasteiger partial charge in [-0.3, -0.25) is 4.72 Å². The Balaban J connectivity index is 2.34. The highest BCUT2D eigenvalue weighted by Crippen LogP contribution is 2.20. The third-order valence-corrected chi connectivity index (χ3v) is 4.62. The summed E-state index contributed by atoms with van der Waals surface area (Å²) in [6.07, 6.45) is 1.52. The van der Waals surface area contributed by atoms with E-state index in [1.54, 1.807) is 0 Å². The Hall–Kier alpha value is -2.13. The standard InChI is InChI=1S/C12H14N2O6S/c15-11(16)8-5-9(12(17)18)7-10(6-8)13-21(19,20)14-3-1-2-4-14/h5-7,13H,1-4H2,(H,15,16)(H,17,18). The van der Waals surface area contributed by atoms with Crippen molar-refractivity contribution in [2.75, 3.05) is 17.8 Å². The third-order valence-electron chi connectivity index (χ3n) is 3.08.